The van der Waals surface area contributed by atoms with Crippen LogP contribution in [0.25, 0.3) is 6.08 Å². The Labute approximate surface area is 222 Å². The van der Waals surface area contributed by atoms with E-state index in [1.807, 2.05) is 0 Å². The van der Waals surface area contributed by atoms with E-state index >= 15 is 0 Å². The van der Waals surface area contributed by atoms with Gasteiger partial charge in [-0.3, -0.25) is 14.6 Å². The second kappa shape index (κ2) is 10.2. The molecule has 39 heavy (non-hydrogen) atoms. The fourth-order valence-electron chi connectivity index (χ4n) is 4.01. The topological polar surface area (TPSA) is 105 Å². The average molecular weight is 575 g/mol. The third kappa shape index (κ3) is 5.23. The van der Waals surface area contributed by atoms with Crippen molar-refractivity contribution in [3.05, 3.63) is 53.5 Å². The van der Waals surface area contributed by atoms with Crippen molar-refractivity contribution in [1.82, 2.24) is 20.2 Å². The number of anilines is 1. The summed E-state index contributed by atoms with van der Waals surface area (Å²) in [6.07, 6.45) is -7.33. The van der Waals surface area contributed by atoms with Crippen LogP contribution in [0, 0.1) is 0 Å². The molecule has 1 N–H and O–H groups in total. The minimum Gasteiger partial charge on any atom is -0.378 e. The lowest BCUT2D eigenvalue weighted by Gasteiger charge is -2.31. The summed E-state index contributed by atoms with van der Waals surface area (Å²) >= 11 is 3.84. The second-order valence-electron chi connectivity index (χ2n) is 8.65. The van der Waals surface area contributed by atoms with Gasteiger partial charge >= 0.3 is 18.4 Å². The summed E-state index contributed by atoms with van der Waals surface area (Å²) < 4.78 is 88.0. The van der Waals surface area contributed by atoms with Gasteiger partial charge in [0.1, 0.15) is 0 Å². The van der Waals surface area contributed by atoms with Crippen molar-refractivity contribution < 1.29 is 45.5 Å². The Morgan fingerprint density at radius 3 is 2.46 bits per heavy atom. The molecule has 2 aromatic rings. The average Bonchev–Trinajstić information content (AvgIpc) is 3.08. The molecule has 2 unspecified atom stereocenters. The largest absolute Gasteiger partial charge is 0.421 e. The van der Waals surface area contributed by atoms with Gasteiger partial charge in [-0.25, -0.2) is 19.6 Å². The molecule has 2 fully saturated rings. The second-order valence-corrected chi connectivity index (χ2v) is 9.17. The quantitative estimate of drug-likeness (QED) is 0.248. The zero-order valence-corrected chi connectivity index (χ0v) is 20.8. The minimum atomic E-state index is -5.44. The SMILES string of the molecule is CC1(C(F)(F)F)C(=O)N(c2cnc(C3COCCN3)cn2)C(=O)N1C(=O)/C=C/c1ccc(S)cc1C(F)(F)F. The van der Waals surface area contributed by atoms with E-state index in [9.17, 15) is 40.7 Å². The van der Waals surface area contributed by atoms with Crippen LogP contribution in [0.2, 0.25) is 0 Å². The number of aromatic nitrogens is 2. The Morgan fingerprint density at radius 2 is 1.90 bits per heavy atom. The summed E-state index contributed by atoms with van der Waals surface area (Å²) in [4.78, 5) is 46.5. The molecule has 208 valence electrons. The van der Waals surface area contributed by atoms with Crippen molar-refractivity contribution in [3.63, 3.8) is 0 Å². The molecule has 2 saturated heterocycles. The van der Waals surface area contributed by atoms with Gasteiger partial charge in [0.2, 0.25) is 5.54 Å². The summed E-state index contributed by atoms with van der Waals surface area (Å²) in [5.74, 6) is -4.09. The predicted molar refractivity (Wildman–Crippen MR) is 126 cm³/mol. The fraction of sp³-hybridized carbons (Fsp3) is 0.348. The number of rotatable bonds is 4. The van der Waals surface area contributed by atoms with E-state index in [0.717, 1.165) is 18.5 Å². The number of alkyl halides is 6. The lowest BCUT2D eigenvalue weighted by Crippen LogP contribution is -2.59. The van der Waals surface area contributed by atoms with E-state index in [1.165, 1.54) is 6.07 Å². The maximum atomic E-state index is 14.2. The van der Waals surface area contributed by atoms with Gasteiger partial charge in [0, 0.05) is 17.5 Å². The number of halogens is 6. The molecule has 1 aromatic heterocycles. The third-order valence-electron chi connectivity index (χ3n) is 6.14. The van der Waals surface area contributed by atoms with Gasteiger partial charge in [-0.15, -0.1) is 12.6 Å². The van der Waals surface area contributed by atoms with E-state index in [1.54, 1.807) is 0 Å². The van der Waals surface area contributed by atoms with Crippen LogP contribution >= 0.6 is 12.6 Å². The van der Waals surface area contributed by atoms with Crippen LogP contribution in [0.15, 0.2) is 41.6 Å². The molecule has 2 aliphatic rings. The summed E-state index contributed by atoms with van der Waals surface area (Å²) in [7, 11) is 0. The normalized spacial score (nSPS) is 22.7. The van der Waals surface area contributed by atoms with E-state index in [4.69, 9.17) is 4.74 Å². The van der Waals surface area contributed by atoms with E-state index < -0.39 is 52.7 Å². The molecule has 9 nitrogen and oxygen atoms in total. The van der Waals surface area contributed by atoms with Crippen LogP contribution in [0.5, 0.6) is 0 Å². The molecule has 2 aliphatic heterocycles. The highest BCUT2D eigenvalue weighted by Gasteiger charge is 2.71. The molecule has 0 radical (unpaired) electrons. The van der Waals surface area contributed by atoms with Crippen molar-refractivity contribution in [1.29, 1.82) is 0 Å². The molecule has 3 heterocycles. The van der Waals surface area contributed by atoms with Gasteiger partial charge in [0.15, 0.2) is 5.82 Å². The first-order valence-electron chi connectivity index (χ1n) is 11.2. The Morgan fingerprint density at radius 1 is 1.18 bits per heavy atom. The first kappa shape index (κ1) is 28.5. The maximum Gasteiger partial charge on any atom is 0.421 e. The number of nitrogens with one attached hydrogen (secondary N) is 1. The number of nitrogens with zero attached hydrogens (tertiary/aromatic N) is 4. The lowest BCUT2D eigenvalue weighted by molar-refractivity contribution is -0.209. The van der Waals surface area contributed by atoms with Crippen molar-refractivity contribution in [3.8, 4) is 0 Å². The Bertz CT molecular complexity index is 1330. The Hall–Kier alpha value is -3.50. The number of carbonyl (C=O) groups is 3. The number of amides is 4. The van der Waals surface area contributed by atoms with Crippen molar-refractivity contribution >= 4 is 42.4 Å². The van der Waals surface area contributed by atoms with Crippen LogP contribution in [-0.4, -0.2) is 64.2 Å². The highest BCUT2D eigenvalue weighted by Crippen LogP contribution is 2.43. The number of imide groups is 2. The van der Waals surface area contributed by atoms with Gasteiger partial charge < -0.3 is 10.1 Å². The number of hydrogen-bond donors (Lipinski definition) is 2. The molecule has 1 aromatic carbocycles. The number of morpholine rings is 1. The van der Waals surface area contributed by atoms with Gasteiger partial charge in [-0.1, -0.05) is 6.07 Å². The number of benzene rings is 1. The summed E-state index contributed by atoms with van der Waals surface area (Å²) in [6.45, 7) is 1.53. The van der Waals surface area contributed by atoms with Gasteiger partial charge in [-0.05, 0) is 30.7 Å². The summed E-state index contributed by atoms with van der Waals surface area (Å²) in [5, 5.41) is 3.08. The third-order valence-corrected chi connectivity index (χ3v) is 6.41. The van der Waals surface area contributed by atoms with Crippen LogP contribution in [0.4, 0.5) is 37.0 Å². The van der Waals surface area contributed by atoms with Crippen LogP contribution in [-0.2, 0) is 20.5 Å². The smallest absolute Gasteiger partial charge is 0.378 e. The zero-order chi connectivity index (χ0) is 28.8. The first-order valence-corrected chi connectivity index (χ1v) is 11.6. The number of hydrogen-bond acceptors (Lipinski definition) is 8. The highest BCUT2D eigenvalue weighted by molar-refractivity contribution is 7.80. The van der Waals surface area contributed by atoms with Crippen molar-refractivity contribution in [2.75, 3.05) is 24.7 Å². The summed E-state index contributed by atoms with van der Waals surface area (Å²) in [5.41, 5.74) is -5.12. The molecular weight excluding hydrogens is 556 g/mol. The standard InChI is InChI=1S/C23H19F6N5O4S/c1-21(23(27,28)29)19(36)33(17-10-31-15(9-32-17)16-11-38-7-6-30-16)20(37)34(21)18(35)5-3-12-2-4-13(39)8-14(12)22(24,25)26/h2-5,8-10,16,30,39H,6-7,11H2,1H3/b5-3+. The van der Waals surface area contributed by atoms with Crippen LogP contribution < -0.4 is 10.2 Å². The molecule has 4 rings (SSSR count). The number of thiol groups is 1. The monoisotopic (exact) mass is 575 g/mol. The van der Waals surface area contributed by atoms with Gasteiger partial charge in [-0.2, -0.15) is 26.3 Å². The minimum absolute atomic E-state index is 0.0506. The molecule has 0 saturated carbocycles. The van der Waals surface area contributed by atoms with Crippen molar-refractivity contribution in [2.45, 2.75) is 35.8 Å². The number of urea groups is 1. The van der Waals surface area contributed by atoms with Gasteiger partial charge in [0.05, 0.1) is 42.9 Å². The number of ether oxygens (including phenoxy) is 1. The summed E-state index contributed by atoms with van der Waals surface area (Å²) in [6, 6.07) is 0.706. The van der Waals surface area contributed by atoms with Crippen LogP contribution in [0.3, 0.4) is 0 Å². The molecule has 4 amide bonds. The van der Waals surface area contributed by atoms with Crippen molar-refractivity contribution in [2.24, 2.45) is 0 Å². The van der Waals surface area contributed by atoms with Crippen LogP contribution in [0.1, 0.15) is 29.8 Å². The number of carbonyl (C=O) groups excluding carboxylic acids is 3. The molecule has 2 atom stereocenters. The molecule has 16 heteroatoms. The Balaban J connectivity index is 1.68. The molecule has 0 aliphatic carbocycles. The van der Waals surface area contributed by atoms with Gasteiger partial charge in [0.25, 0.3) is 11.8 Å². The Kier molecular flexibility index (Phi) is 7.48. The zero-order valence-electron chi connectivity index (χ0n) is 19.9. The van der Waals surface area contributed by atoms with E-state index in [0.29, 0.717) is 44.0 Å². The maximum absolute atomic E-state index is 14.2. The first-order chi connectivity index (χ1) is 18.2. The molecule has 0 spiro atoms. The van der Waals surface area contributed by atoms with E-state index in [2.05, 4.69) is 27.9 Å². The molecule has 0 bridgehead atoms. The predicted octanol–water partition coefficient (Wildman–Crippen LogP) is 3.77. The van der Waals surface area contributed by atoms with E-state index in [-0.39, 0.29) is 27.3 Å². The fourth-order valence-corrected chi connectivity index (χ4v) is 4.21. The molecular formula is C23H19F6N5O4S. The lowest BCUT2D eigenvalue weighted by atomic mass is 9.99. The highest BCUT2D eigenvalue weighted by atomic mass is 32.1.